The number of hydrogen-bond acceptors (Lipinski definition) is 1. The van der Waals surface area contributed by atoms with Crippen LogP contribution in [-0.2, 0) is 6.54 Å². The van der Waals surface area contributed by atoms with E-state index in [0.29, 0.717) is 23.1 Å². The van der Waals surface area contributed by atoms with E-state index in [-0.39, 0.29) is 0 Å². The number of terminal acetylenes is 1. The lowest BCUT2D eigenvalue weighted by Gasteiger charge is -2.22. The van der Waals surface area contributed by atoms with Gasteiger partial charge in [-0.1, -0.05) is 35.2 Å². The summed E-state index contributed by atoms with van der Waals surface area (Å²) in [7, 11) is 1.94. The van der Waals surface area contributed by atoms with Crippen molar-refractivity contribution < 1.29 is 0 Å². The molecule has 3 nitrogen and oxygen atoms in total. The lowest BCUT2D eigenvalue weighted by Crippen LogP contribution is -2.38. The van der Waals surface area contributed by atoms with Crippen LogP contribution in [0.25, 0.3) is 0 Å². The third kappa shape index (κ3) is 5.02. The summed E-state index contributed by atoms with van der Waals surface area (Å²) in [5.74, 6) is 3.27. The van der Waals surface area contributed by atoms with Gasteiger partial charge in [0.1, 0.15) is 6.54 Å². The Kier molecular flexibility index (Phi) is 6.55. The normalized spacial score (nSPS) is 11.0. The highest BCUT2D eigenvalue weighted by Crippen LogP contribution is 2.23. The van der Waals surface area contributed by atoms with E-state index in [1.807, 2.05) is 31.0 Å². The van der Waals surface area contributed by atoms with Gasteiger partial charge in [0, 0.05) is 20.1 Å². The zero-order chi connectivity index (χ0) is 14.3. The van der Waals surface area contributed by atoms with Crippen molar-refractivity contribution in [2.45, 2.75) is 13.5 Å². The fraction of sp³-hybridized carbons (Fsp3) is 0.357. The second kappa shape index (κ2) is 7.93. The molecule has 0 aromatic heterocycles. The van der Waals surface area contributed by atoms with Crippen LogP contribution in [0.15, 0.2) is 23.2 Å². The van der Waals surface area contributed by atoms with Crippen LogP contribution >= 0.6 is 23.2 Å². The quantitative estimate of drug-likeness (QED) is 0.525. The van der Waals surface area contributed by atoms with E-state index in [1.165, 1.54) is 0 Å². The molecule has 1 aromatic rings. The molecular formula is C14H17Cl2N3. The molecule has 102 valence electrons. The fourth-order valence-corrected chi connectivity index (χ4v) is 1.90. The number of nitrogens with zero attached hydrogens (tertiary/aromatic N) is 2. The second-order valence-corrected chi connectivity index (χ2v) is 4.79. The van der Waals surface area contributed by atoms with Crippen LogP contribution in [0.1, 0.15) is 12.5 Å². The first-order valence-corrected chi connectivity index (χ1v) is 6.71. The van der Waals surface area contributed by atoms with Crippen LogP contribution in [0.5, 0.6) is 0 Å². The van der Waals surface area contributed by atoms with Gasteiger partial charge in [-0.25, -0.2) is 4.99 Å². The highest BCUT2D eigenvalue weighted by Gasteiger charge is 2.07. The van der Waals surface area contributed by atoms with Crippen molar-refractivity contribution in [2.75, 3.05) is 20.1 Å². The van der Waals surface area contributed by atoms with Crippen molar-refractivity contribution in [2.24, 2.45) is 4.99 Å². The first-order chi connectivity index (χ1) is 9.08. The summed E-state index contributed by atoms with van der Waals surface area (Å²) in [6, 6.07) is 5.58. The molecule has 0 aliphatic rings. The van der Waals surface area contributed by atoms with Gasteiger partial charge in [-0.15, -0.1) is 6.42 Å². The lowest BCUT2D eigenvalue weighted by atomic mass is 10.2. The molecule has 0 atom stereocenters. The topological polar surface area (TPSA) is 27.6 Å². The lowest BCUT2D eigenvalue weighted by molar-refractivity contribution is 0.478. The minimum atomic E-state index is 0.355. The van der Waals surface area contributed by atoms with Gasteiger partial charge in [0.25, 0.3) is 0 Å². The van der Waals surface area contributed by atoms with Crippen molar-refractivity contribution in [3.8, 4) is 12.3 Å². The molecule has 0 saturated heterocycles. The van der Waals surface area contributed by atoms with Crippen molar-refractivity contribution >= 4 is 29.2 Å². The maximum atomic E-state index is 6.00. The van der Waals surface area contributed by atoms with Gasteiger partial charge in [0.15, 0.2) is 5.96 Å². The van der Waals surface area contributed by atoms with E-state index in [9.17, 15) is 0 Å². The number of benzene rings is 1. The molecule has 0 unspecified atom stereocenters. The minimum Gasteiger partial charge on any atom is -0.356 e. The summed E-state index contributed by atoms with van der Waals surface area (Å²) in [4.78, 5) is 6.29. The average Bonchev–Trinajstić information content (AvgIpc) is 2.38. The molecule has 0 spiro atoms. The standard InChI is InChI=1S/C14H17Cl2N3/c1-4-8-18-14(17-5-2)19(3)10-11-6-7-12(15)13(16)9-11/h1,6-7,9H,5,8,10H2,2-3H3,(H,17,18). The Morgan fingerprint density at radius 1 is 1.42 bits per heavy atom. The van der Waals surface area contributed by atoms with Gasteiger partial charge in [-0.3, -0.25) is 0 Å². The van der Waals surface area contributed by atoms with E-state index in [0.717, 1.165) is 18.1 Å². The molecular weight excluding hydrogens is 281 g/mol. The van der Waals surface area contributed by atoms with Crippen LogP contribution in [-0.4, -0.2) is 31.0 Å². The van der Waals surface area contributed by atoms with Crippen molar-refractivity contribution in [3.63, 3.8) is 0 Å². The number of guanidine groups is 1. The first kappa shape index (κ1) is 15.7. The Hall–Kier alpha value is -1.37. The third-order valence-electron chi connectivity index (χ3n) is 2.42. The van der Waals surface area contributed by atoms with E-state index in [1.54, 1.807) is 6.07 Å². The maximum absolute atomic E-state index is 6.00. The van der Waals surface area contributed by atoms with Crippen LogP contribution in [0.3, 0.4) is 0 Å². The Balaban J connectivity index is 2.78. The Bertz CT molecular complexity index is 492. The Morgan fingerprint density at radius 3 is 2.74 bits per heavy atom. The monoisotopic (exact) mass is 297 g/mol. The zero-order valence-electron chi connectivity index (χ0n) is 11.1. The molecule has 0 bridgehead atoms. The average molecular weight is 298 g/mol. The van der Waals surface area contributed by atoms with Crippen molar-refractivity contribution in [1.82, 2.24) is 10.2 Å². The van der Waals surface area contributed by atoms with Gasteiger partial charge in [-0.2, -0.15) is 0 Å². The molecule has 0 saturated carbocycles. The van der Waals surface area contributed by atoms with Crippen LogP contribution in [0.4, 0.5) is 0 Å². The van der Waals surface area contributed by atoms with Gasteiger partial charge in [0.2, 0.25) is 0 Å². The molecule has 19 heavy (non-hydrogen) atoms. The van der Waals surface area contributed by atoms with Gasteiger partial charge in [-0.05, 0) is 24.6 Å². The van der Waals surface area contributed by atoms with Gasteiger partial charge >= 0.3 is 0 Å². The molecule has 1 aromatic carbocycles. The second-order valence-electron chi connectivity index (χ2n) is 3.98. The predicted molar refractivity (Wildman–Crippen MR) is 82.7 cm³/mol. The smallest absolute Gasteiger partial charge is 0.194 e. The summed E-state index contributed by atoms with van der Waals surface area (Å²) < 4.78 is 0. The summed E-state index contributed by atoms with van der Waals surface area (Å²) in [5, 5.41) is 4.30. The summed E-state index contributed by atoms with van der Waals surface area (Å²) in [6.07, 6.45) is 5.23. The number of halogens is 2. The fourth-order valence-electron chi connectivity index (χ4n) is 1.58. The third-order valence-corrected chi connectivity index (χ3v) is 3.16. The Labute approximate surface area is 124 Å². The summed E-state index contributed by atoms with van der Waals surface area (Å²) in [6.45, 7) is 3.83. The molecule has 0 amide bonds. The van der Waals surface area contributed by atoms with E-state index in [4.69, 9.17) is 29.6 Å². The van der Waals surface area contributed by atoms with Crippen LogP contribution in [0, 0.1) is 12.3 Å². The van der Waals surface area contributed by atoms with Crippen molar-refractivity contribution in [1.29, 1.82) is 0 Å². The largest absolute Gasteiger partial charge is 0.356 e. The minimum absolute atomic E-state index is 0.355. The Morgan fingerprint density at radius 2 is 2.16 bits per heavy atom. The van der Waals surface area contributed by atoms with Gasteiger partial charge < -0.3 is 10.2 Å². The number of hydrogen-bond donors (Lipinski definition) is 1. The number of nitrogens with one attached hydrogen (secondary N) is 1. The SMILES string of the molecule is C#CCN=C(NCC)N(C)Cc1ccc(Cl)c(Cl)c1. The van der Waals surface area contributed by atoms with Gasteiger partial charge in [0.05, 0.1) is 10.0 Å². The number of aliphatic imine (C=N–C) groups is 1. The molecule has 0 aliphatic heterocycles. The summed E-state index contributed by atoms with van der Waals surface area (Å²) >= 11 is 11.9. The van der Waals surface area contributed by atoms with E-state index in [2.05, 4.69) is 16.2 Å². The maximum Gasteiger partial charge on any atom is 0.194 e. The zero-order valence-corrected chi connectivity index (χ0v) is 12.6. The molecule has 1 N–H and O–H groups in total. The molecule has 0 radical (unpaired) electrons. The molecule has 0 aliphatic carbocycles. The predicted octanol–water partition coefficient (Wildman–Crippen LogP) is 3.02. The van der Waals surface area contributed by atoms with Crippen molar-refractivity contribution in [3.05, 3.63) is 33.8 Å². The highest BCUT2D eigenvalue weighted by atomic mass is 35.5. The molecule has 0 heterocycles. The summed E-state index contributed by atoms with van der Waals surface area (Å²) in [5.41, 5.74) is 1.06. The number of rotatable bonds is 4. The molecule has 0 fully saturated rings. The van der Waals surface area contributed by atoms with E-state index >= 15 is 0 Å². The molecule has 1 rings (SSSR count). The molecule has 5 heteroatoms. The van der Waals surface area contributed by atoms with Crippen LogP contribution in [0.2, 0.25) is 10.0 Å². The first-order valence-electron chi connectivity index (χ1n) is 5.95. The highest BCUT2D eigenvalue weighted by molar-refractivity contribution is 6.42. The van der Waals surface area contributed by atoms with Crippen LogP contribution < -0.4 is 5.32 Å². The van der Waals surface area contributed by atoms with E-state index < -0.39 is 0 Å².